The molecule has 0 aliphatic carbocycles. The summed E-state index contributed by atoms with van der Waals surface area (Å²) in [5.74, 6) is -6.14. The van der Waals surface area contributed by atoms with E-state index in [9.17, 15) is 64.5 Å². The molecular weight excluding hydrogens is 959 g/mol. The Morgan fingerprint density at radius 1 is 0.869 bits per heavy atom. The van der Waals surface area contributed by atoms with Crippen molar-refractivity contribution in [3.63, 3.8) is 0 Å². The first-order valence-electron chi connectivity index (χ1n) is 17.6. The molecule has 0 saturated heterocycles. The van der Waals surface area contributed by atoms with E-state index >= 15 is 8.78 Å². The number of aromatic nitrogens is 2. The number of nitrogens with zero attached hydrogens (tertiary/aromatic N) is 3. The maximum atomic E-state index is 15.7. The number of aliphatic hydroxyl groups excluding tert-OH is 1. The lowest BCUT2D eigenvalue weighted by Gasteiger charge is -2.38. The van der Waals surface area contributed by atoms with Crippen LogP contribution in [0.15, 0.2) is 48.9 Å². The molecule has 1 heterocycles. The molecule has 6 N–H and O–H groups in total. The number of alkyl halides is 8. The Kier molecular flexibility index (Phi) is 16.4. The van der Waals surface area contributed by atoms with Crippen molar-refractivity contribution >= 4 is 46.6 Å². The monoisotopic (exact) mass is 999 g/mol. The number of ether oxygens (including phenoxy) is 1. The zero-order valence-electron chi connectivity index (χ0n) is 32.6. The second kappa shape index (κ2) is 19.9. The summed E-state index contributed by atoms with van der Waals surface area (Å²) in [5, 5.41) is 26.9. The molecule has 3 aromatic rings. The van der Waals surface area contributed by atoms with Gasteiger partial charge in [-0.15, -0.1) is 0 Å². The van der Waals surface area contributed by atoms with E-state index in [0.29, 0.717) is 64.9 Å². The van der Waals surface area contributed by atoms with Gasteiger partial charge in [-0.1, -0.05) is 12.1 Å². The van der Waals surface area contributed by atoms with Crippen LogP contribution in [0.3, 0.4) is 0 Å². The van der Waals surface area contributed by atoms with E-state index in [2.05, 4.69) is 15.0 Å². The number of alkyl carbamates (subject to hydrolysis) is 1. The minimum absolute atomic E-state index is 0.310. The normalized spacial score (nSPS) is 14.5. The topological polar surface area (TPSA) is 187 Å². The molecule has 338 valence electrons. The number of carbonyl (C=O) groups excluding carboxylic acids is 3. The van der Waals surface area contributed by atoms with Crippen LogP contribution >= 0.6 is 22.6 Å². The molecule has 0 bridgehead atoms. The molecule has 14 nitrogen and oxygen atoms in total. The minimum atomic E-state index is -5.21. The van der Waals surface area contributed by atoms with Gasteiger partial charge < -0.3 is 30.9 Å². The van der Waals surface area contributed by atoms with Crippen molar-refractivity contribution in [2.45, 2.75) is 83.8 Å². The van der Waals surface area contributed by atoms with E-state index < -0.39 is 115 Å². The fourth-order valence-corrected chi connectivity index (χ4v) is 5.97. The first kappa shape index (κ1) is 50.4. The summed E-state index contributed by atoms with van der Waals surface area (Å²) in [6.07, 6.45) is -15.0. The number of hydrazine groups is 1. The fraction of sp³-hybridized carbons (Fsp3) is 0.472. The zero-order valence-corrected chi connectivity index (χ0v) is 34.7. The lowest BCUT2D eigenvalue weighted by Crippen LogP contribution is -2.63. The minimum Gasteiger partial charge on any atom is -0.465 e. The summed E-state index contributed by atoms with van der Waals surface area (Å²) in [5.41, 5.74) is -5.47. The highest BCUT2D eigenvalue weighted by atomic mass is 127. The van der Waals surface area contributed by atoms with Crippen molar-refractivity contribution < 1.29 is 78.0 Å². The number of imidazole rings is 1. The van der Waals surface area contributed by atoms with Crippen LogP contribution < -0.4 is 21.4 Å². The number of carboxylic acid groups (broad SMARTS) is 1. The van der Waals surface area contributed by atoms with Gasteiger partial charge in [-0.05, 0) is 86.5 Å². The molecule has 4 amide bonds. The predicted octanol–water partition coefficient (Wildman–Crippen LogP) is 6.29. The average molecular weight is 1000 g/mol. The van der Waals surface area contributed by atoms with Crippen LogP contribution in [0, 0.1) is 26.0 Å². The molecule has 2 aromatic carbocycles. The van der Waals surface area contributed by atoms with E-state index in [1.165, 1.54) is 17.4 Å². The number of hydrogen-bond acceptors (Lipinski definition) is 8. The third-order valence-corrected chi connectivity index (χ3v) is 10.3. The van der Waals surface area contributed by atoms with Crippen LogP contribution in [0.1, 0.15) is 45.4 Å². The molecule has 0 aliphatic heterocycles. The van der Waals surface area contributed by atoms with Gasteiger partial charge >= 0.3 is 31.1 Å². The molecule has 0 radical (unpaired) electrons. The summed E-state index contributed by atoms with van der Waals surface area (Å²) in [6.45, 7) is -3.21. The number of rotatable bonds is 17. The SMILES string of the molecule is COC(=O)N[C@H](C(=O)NN(Cc1c(F)cc(-c2cn(C(F)F)cn2)cc1F)C[C@H](O)C(Cc1ccc(I)cc1)NC(=O)[C@@H](NC(=O)O)C(C)(C)C(F)(F)F)C(C)(C)C(F)(F)F. The fourth-order valence-electron chi connectivity index (χ4n) is 5.61. The zero-order chi connectivity index (χ0) is 46.4. The van der Waals surface area contributed by atoms with E-state index in [1.54, 1.807) is 17.4 Å². The highest BCUT2D eigenvalue weighted by molar-refractivity contribution is 14.1. The van der Waals surface area contributed by atoms with Gasteiger partial charge in [0.15, 0.2) is 0 Å². The lowest BCUT2D eigenvalue weighted by molar-refractivity contribution is -0.221. The van der Waals surface area contributed by atoms with Crippen LogP contribution in [0.2, 0.25) is 0 Å². The van der Waals surface area contributed by atoms with Gasteiger partial charge in [0, 0.05) is 34.0 Å². The predicted molar refractivity (Wildman–Crippen MR) is 202 cm³/mol. The largest absolute Gasteiger partial charge is 0.465 e. The van der Waals surface area contributed by atoms with Gasteiger partial charge in [0.1, 0.15) is 23.7 Å². The maximum absolute atomic E-state index is 15.7. The number of benzene rings is 2. The molecule has 0 spiro atoms. The van der Waals surface area contributed by atoms with Gasteiger partial charge in [-0.2, -0.15) is 35.1 Å². The number of carbonyl (C=O) groups is 4. The Balaban J connectivity index is 2.15. The van der Waals surface area contributed by atoms with Crippen LogP contribution in [0.5, 0.6) is 0 Å². The molecule has 25 heteroatoms. The van der Waals surface area contributed by atoms with E-state index in [-0.39, 0.29) is 11.3 Å². The van der Waals surface area contributed by atoms with Crippen LogP contribution in [0.25, 0.3) is 11.3 Å². The highest BCUT2D eigenvalue weighted by Gasteiger charge is 2.57. The number of nitrogens with one attached hydrogen (secondary N) is 4. The Bertz CT molecular complexity index is 2010. The Morgan fingerprint density at radius 2 is 1.39 bits per heavy atom. The Hall–Kier alpha value is -4.92. The Labute approximate surface area is 354 Å². The summed E-state index contributed by atoms with van der Waals surface area (Å²) in [7, 11) is 0.773. The maximum Gasteiger partial charge on any atom is 0.407 e. The van der Waals surface area contributed by atoms with Crippen molar-refractivity contribution in [2.24, 2.45) is 10.8 Å². The van der Waals surface area contributed by atoms with E-state index in [4.69, 9.17) is 0 Å². The molecule has 1 unspecified atom stereocenters. The first-order valence-corrected chi connectivity index (χ1v) is 18.6. The van der Waals surface area contributed by atoms with Crippen LogP contribution in [-0.2, 0) is 27.3 Å². The molecule has 4 atom stereocenters. The van der Waals surface area contributed by atoms with Crippen molar-refractivity contribution in [2.75, 3.05) is 13.7 Å². The summed E-state index contributed by atoms with van der Waals surface area (Å²) < 4.78 is 148. The lowest BCUT2D eigenvalue weighted by atomic mass is 9.82. The summed E-state index contributed by atoms with van der Waals surface area (Å²) in [4.78, 5) is 54.6. The van der Waals surface area contributed by atoms with Gasteiger partial charge in [0.2, 0.25) is 5.91 Å². The number of hydrogen-bond donors (Lipinski definition) is 6. The second-order valence-electron chi connectivity index (χ2n) is 14.7. The summed E-state index contributed by atoms with van der Waals surface area (Å²) in [6, 6.07) is 0.591. The molecule has 0 fully saturated rings. The quantitative estimate of drug-likeness (QED) is 0.0514. The van der Waals surface area contributed by atoms with Crippen LogP contribution in [0.4, 0.5) is 53.5 Å². The van der Waals surface area contributed by atoms with E-state index in [1.807, 2.05) is 28.0 Å². The third kappa shape index (κ3) is 12.8. The Morgan fingerprint density at radius 3 is 1.85 bits per heavy atom. The van der Waals surface area contributed by atoms with Gasteiger partial charge in [-0.25, -0.2) is 28.4 Å². The average Bonchev–Trinajstić information content (AvgIpc) is 3.64. The number of aliphatic hydroxyl groups is 1. The molecule has 61 heavy (non-hydrogen) atoms. The highest BCUT2D eigenvalue weighted by Crippen LogP contribution is 2.42. The van der Waals surface area contributed by atoms with Crippen molar-refractivity contribution in [1.29, 1.82) is 0 Å². The molecule has 3 rings (SSSR count). The number of amides is 4. The van der Waals surface area contributed by atoms with Crippen LogP contribution in [-0.4, -0.2) is 99.0 Å². The molecular formula is C36H40F10IN7O7. The van der Waals surface area contributed by atoms with Crippen molar-refractivity contribution in [3.05, 3.63) is 75.3 Å². The number of methoxy groups -OCH3 is 1. The molecule has 0 saturated carbocycles. The van der Waals surface area contributed by atoms with Crippen molar-refractivity contribution in [1.82, 2.24) is 35.9 Å². The smallest absolute Gasteiger partial charge is 0.407 e. The molecule has 1 aromatic heterocycles. The first-order chi connectivity index (χ1) is 28.0. The number of halogens is 11. The standard InChI is InChI=1S/C36H40F10IN7O7/c1-33(2,35(41,42)43)26(50-31(58)59)28(56)49-23(10-17-6-8-19(47)9-7-17)25(55)15-54(52-29(57)27(51-32(60)61-5)34(3,4)36(44,45)46)13-20-21(37)11-18(12-22(20)38)24-14-53(16-48-24)30(39)40/h6-9,11-12,14,16,23,25-27,30,50,55H,10,13,15H2,1-5H3,(H,49,56)(H,51,60)(H,52,57)(H,58,59)/t23?,25-,26+,27+/m0/s1. The van der Waals surface area contributed by atoms with E-state index in [0.717, 1.165) is 13.3 Å². The molecule has 0 aliphatic rings. The van der Waals surface area contributed by atoms with Gasteiger partial charge in [0.25, 0.3) is 5.91 Å². The van der Waals surface area contributed by atoms with Gasteiger partial charge in [0.05, 0.1) is 42.1 Å². The third-order valence-electron chi connectivity index (χ3n) is 9.59. The second-order valence-corrected chi connectivity index (χ2v) is 15.9. The van der Waals surface area contributed by atoms with Gasteiger partial charge in [-0.3, -0.25) is 19.6 Å². The summed E-state index contributed by atoms with van der Waals surface area (Å²) >= 11 is 1.94. The van der Waals surface area contributed by atoms with Crippen molar-refractivity contribution in [3.8, 4) is 11.3 Å².